The van der Waals surface area contributed by atoms with Crippen LogP contribution in [0.2, 0.25) is 0 Å². The fourth-order valence-electron chi connectivity index (χ4n) is 2.58. The molecule has 1 aromatic carbocycles. The van der Waals surface area contributed by atoms with Gasteiger partial charge < -0.3 is 10.0 Å². The first-order chi connectivity index (χ1) is 11.3. The number of likely N-dealkylation sites (N-methyl/N-ethyl adjacent to an activating group) is 1. The van der Waals surface area contributed by atoms with Gasteiger partial charge in [0.05, 0.1) is 17.3 Å². The van der Waals surface area contributed by atoms with Crippen molar-refractivity contribution < 1.29 is 23.1 Å². The zero-order chi connectivity index (χ0) is 17.7. The average molecular weight is 371 g/mol. The molecule has 2 atom stereocenters. The van der Waals surface area contributed by atoms with Crippen molar-refractivity contribution in [3.63, 3.8) is 0 Å². The molecule has 0 aromatic heterocycles. The zero-order valence-electron chi connectivity index (χ0n) is 13.4. The molecule has 1 aliphatic rings. The zero-order valence-corrected chi connectivity index (χ0v) is 15.1. The molecule has 1 aliphatic heterocycles. The van der Waals surface area contributed by atoms with Crippen LogP contribution in [-0.2, 0) is 25.8 Å². The molecule has 2 rings (SSSR count). The van der Waals surface area contributed by atoms with E-state index >= 15 is 0 Å². The lowest BCUT2D eigenvalue weighted by Gasteiger charge is -2.25. The molecule has 8 heteroatoms. The molecule has 1 amide bonds. The number of thioether (sulfide) groups is 1. The Bertz CT molecular complexity index is 690. The number of hydrogen-bond acceptors (Lipinski definition) is 5. The van der Waals surface area contributed by atoms with Crippen LogP contribution in [0.4, 0.5) is 0 Å². The Kier molecular flexibility index (Phi) is 6.28. The fraction of sp³-hybridized carbons (Fsp3) is 0.500. The van der Waals surface area contributed by atoms with Crippen molar-refractivity contribution in [3.05, 3.63) is 35.9 Å². The quantitative estimate of drug-likeness (QED) is 0.771. The van der Waals surface area contributed by atoms with Crippen molar-refractivity contribution in [2.75, 3.05) is 24.3 Å². The minimum atomic E-state index is -2.97. The number of benzene rings is 1. The Hall–Kier alpha value is -1.54. The molecule has 24 heavy (non-hydrogen) atoms. The summed E-state index contributed by atoms with van der Waals surface area (Å²) >= 11 is 1.29. The fourth-order valence-corrected chi connectivity index (χ4v) is 6.15. The van der Waals surface area contributed by atoms with Gasteiger partial charge in [-0.15, -0.1) is 11.8 Å². The molecule has 1 saturated heterocycles. The number of rotatable bonds is 7. The van der Waals surface area contributed by atoms with Crippen molar-refractivity contribution in [1.29, 1.82) is 0 Å². The number of amides is 1. The van der Waals surface area contributed by atoms with Crippen molar-refractivity contribution in [1.82, 2.24) is 4.90 Å². The van der Waals surface area contributed by atoms with Crippen LogP contribution in [0.5, 0.6) is 0 Å². The second-order valence-corrected chi connectivity index (χ2v) is 9.40. The summed E-state index contributed by atoms with van der Waals surface area (Å²) in [5, 5.41) is 9.34. The predicted octanol–water partition coefficient (Wildman–Crippen LogP) is 1.06. The molecule has 2 unspecified atom stereocenters. The van der Waals surface area contributed by atoms with Crippen LogP contribution in [0.15, 0.2) is 30.3 Å². The molecule has 1 heterocycles. The van der Waals surface area contributed by atoms with E-state index in [9.17, 15) is 23.1 Å². The third-order valence-electron chi connectivity index (χ3n) is 4.05. The number of carbonyl (C=O) groups excluding carboxylic acids is 1. The van der Waals surface area contributed by atoms with Crippen LogP contribution in [0.3, 0.4) is 0 Å². The normalized spacial score (nSPS) is 20.5. The maximum atomic E-state index is 12.3. The molecular formula is C16H21NO5S2. The topological polar surface area (TPSA) is 91.8 Å². The summed E-state index contributed by atoms with van der Waals surface area (Å²) in [5.41, 5.74) is 0.846. The second kappa shape index (κ2) is 8.02. The summed E-state index contributed by atoms with van der Waals surface area (Å²) in [5.74, 6) is -0.993. The van der Waals surface area contributed by atoms with Gasteiger partial charge in [-0.1, -0.05) is 30.3 Å². The monoisotopic (exact) mass is 371 g/mol. The number of carboxylic acid groups (broad SMARTS) is 1. The molecule has 0 bridgehead atoms. The van der Waals surface area contributed by atoms with Crippen LogP contribution < -0.4 is 0 Å². The van der Waals surface area contributed by atoms with E-state index in [0.717, 1.165) is 5.56 Å². The summed E-state index contributed by atoms with van der Waals surface area (Å²) < 4.78 is 22.9. The van der Waals surface area contributed by atoms with Crippen LogP contribution in [0.25, 0.3) is 0 Å². The Labute approximate surface area is 146 Å². The molecule has 0 spiro atoms. The Morgan fingerprint density at radius 2 is 2.00 bits per heavy atom. The van der Waals surface area contributed by atoms with E-state index in [4.69, 9.17) is 0 Å². The smallest absolute Gasteiger partial charge is 0.326 e. The van der Waals surface area contributed by atoms with Crippen LogP contribution in [0, 0.1) is 0 Å². The lowest BCUT2D eigenvalue weighted by molar-refractivity contribution is -0.148. The van der Waals surface area contributed by atoms with Gasteiger partial charge in [0.15, 0.2) is 9.84 Å². The number of carboxylic acids is 1. The molecule has 1 aromatic rings. The summed E-state index contributed by atoms with van der Waals surface area (Å²) in [6.45, 7) is 0. The standard InChI is InChI=1S/C16H21NO5S2/c1-17(14(16(19)20)9-12-5-3-2-4-6-12)15(18)10-23-13-7-8-24(21,22)11-13/h2-6,13-14H,7-11H2,1H3,(H,19,20). The first kappa shape index (κ1) is 18.8. The second-order valence-electron chi connectivity index (χ2n) is 5.88. The van der Waals surface area contributed by atoms with Crippen molar-refractivity contribution in [2.45, 2.75) is 24.1 Å². The van der Waals surface area contributed by atoms with Gasteiger partial charge in [0.1, 0.15) is 6.04 Å². The number of aliphatic carboxylic acids is 1. The third-order valence-corrected chi connectivity index (χ3v) is 7.32. The Balaban J connectivity index is 1.92. The highest BCUT2D eigenvalue weighted by Gasteiger charge is 2.31. The number of sulfone groups is 1. The van der Waals surface area contributed by atoms with Gasteiger partial charge in [-0.2, -0.15) is 0 Å². The summed E-state index contributed by atoms with van der Waals surface area (Å²) in [6.07, 6.45) is 0.789. The van der Waals surface area contributed by atoms with Gasteiger partial charge in [-0.05, 0) is 12.0 Å². The minimum absolute atomic E-state index is 0.0789. The van der Waals surface area contributed by atoms with Gasteiger partial charge in [-0.3, -0.25) is 4.79 Å². The molecule has 1 N–H and O–H groups in total. The minimum Gasteiger partial charge on any atom is -0.480 e. The highest BCUT2D eigenvalue weighted by Crippen LogP contribution is 2.24. The van der Waals surface area contributed by atoms with Crippen LogP contribution in [-0.4, -0.2) is 65.9 Å². The lowest BCUT2D eigenvalue weighted by Crippen LogP contribution is -2.44. The first-order valence-corrected chi connectivity index (χ1v) is 10.5. The van der Waals surface area contributed by atoms with Gasteiger partial charge >= 0.3 is 5.97 Å². The maximum absolute atomic E-state index is 12.3. The Morgan fingerprint density at radius 1 is 1.33 bits per heavy atom. The van der Waals surface area contributed by atoms with E-state index in [1.807, 2.05) is 30.3 Å². The molecule has 132 valence electrons. The molecular weight excluding hydrogens is 350 g/mol. The summed E-state index contributed by atoms with van der Waals surface area (Å²) in [6, 6.07) is 8.21. The molecule has 0 radical (unpaired) electrons. The van der Waals surface area contributed by atoms with Gasteiger partial charge in [0.2, 0.25) is 5.91 Å². The Morgan fingerprint density at radius 3 is 2.54 bits per heavy atom. The summed E-state index contributed by atoms with van der Waals surface area (Å²) in [4.78, 5) is 25.0. The third kappa shape index (κ3) is 5.24. The molecule has 0 aliphatic carbocycles. The SMILES string of the molecule is CN(C(=O)CSC1CCS(=O)(=O)C1)C(Cc1ccccc1)C(=O)O. The molecule has 1 fully saturated rings. The highest BCUT2D eigenvalue weighted by atomic mass is 32.2. The van der Waals surface area contributed by atoms with E-state index in [-0.39, 0.29) is 34.8 Å². The van der Waals surface area contributed by atoms with E-state index in [1.165, 1.54) is 23.7 Å². The van der Waals surface area contributed by atoms with Crippen molar-refractivity contribution >= 4 is 33.5 Å². The number of nitrogens with zero attached hydrogens (tertiary/aromatic N) is 1. The predicted molar refractivity (Wildman–Crippen MR) is 93.9 cm³/mol. The average Bonchev–Trinajstić information content (AvgIpc) is 2.89. The van der Waals surface area contributed by atoms with Crippen molar-refractivity contribution in [3.8, 4) is 0 Å². The number of hydrogen-bond donors (Lipinski definition) is 1. The van der Waals surface area contributed by atoms with Gasteiger partial charge in [0.25, 0.3) is 0 Å². The molecule has 0 saturated carbocycles. The largest absolute Gasteiger partial charge is 0.480 e. The number of carbonyl (C=O) groups is 2. The maximum Gasteiger partial charge on any atom is 0.326 e. The molecule has 6 nitrogen and oxygen atoms in total. The van der Waals surface area contributed by atoms with Crippen LogP contribution >= 0.6 is 11.8 Å². The lowest BCUT2D eigenvalue weighted by atomic mass is 10.1. The highest BCUT2D eigenvalue weighted by molar-refractivity contribution is 8.02. The first-order valence-electron chi connectivity index (χ1n) is 7.63. The summed E-state index contributed by atoms with van der Waals surface area (Å²) in [7, 11) is -1.49. The van der Waals surface area contributed by atoms with Gasteiger partial charge in [0, 0.05) is 18.7 Å². The van der Waals surface area contributed by atoms with E-state index in [0.29, 0.717) is 6.42 Å². The van der Waals surface area contributed by atoms with Crippen LogP contribution in [0.1, 0.15) is 12.0 Å². The van der Waals surface area contributed by atoms with E-state index in [1.54, 1.807) is 0 Å². The van der Waals surface area contributed by atoms with E-state index < -0.39 is 21.8 Å². The van der Waals surface area contributed by atoms with Gasteiger partial charge in [-0.25, -0.2) is 13.2 Å². The van der Waals surface area contributed by atoms with E-state index in [2.05, 4.69) is 0 Å². The van der Waals surface area contributed by atoms with Crippen molar-refractivity contribution in [2.24, 2.45) is 0 Å².